The van der Waals surface area contributed by atoms with Crippen molar-refractivity contribution in [1.82, 2.24) is 9.88 Å². The smallest absolute Gasteiger partial charge is 0.0472 e. The largest absolute Gasteiger partial charge is 0.396 e. The fourth-order valence-electron chi connectivity index (χ4n) is 2.57. The van der Waals surface area contributed by atoms with Gasteiger partial charge >= 0.3 is 0 Å². The van der Waals surface area contributed by atoms with E-state index >= 15 is 0 Å². The van der Waals surface area contributed by atoms with Crippen LogP contribution in [0.15, 0.2) is 24.5 Å². The first-order chi connectivity index (χ1) is 7.62. The molecule has 0 saturated carbocycles. The second-order valence-corrected chi connectivity index (χ2v) is 5.30. The minimum atomic E-state index is 0.191. The normalized spacial score (nSPS) is 24.8. The van der Waals surface area contributed by atoms with Gasteiger partial charge < -0.3 is 5.11 Å². The van der Waals surface area contributed by atoms with Gasteiger partial charge in [-0.3, -0.25) is 9.88 Å². The Morgan fingerprint density at radius 1 is 1.44 bits per heavy atom. The number of rotatable bonds is 3. The maximum Gasteiger partial charge on any atom is 0.0472 e. The highest BCUT2D eigenvalue weighted by Crippen LogP contribution is 2.33. The van der Waals surface area contributed by atoms with Crippen LogP contribution in [0, 0.1) is 5.92 Å². The van der Waals surface area contributed by atoms with E-state index in [2.05, 4.69) is 35.9 Å². The van der Waals surface area contributed by atoms with Gasteiger partial charge in [0.1, 0.15) is 0 Å². The van der Waals surface area contributed by atoms with Crippen LogP contribution in [0.1, 0.15) is 25.8 Å². The zero-order valence-corrected chi connectivity index (χ0v) is 10.1. The summed E-state index contributed by atoms with van der Waals surface area (Å²) in [6, 6.07) is 4.12. The molecule has 1 saturated heterocycles. The Kier molecular flexibility index (Phi) is 3.26. The molecule has 16 heavy (non-hydrogen) atoms. The topological polar surface area (TPSA) is 36.4 Å². The molecule has 2 heterocycles. The summed E-state index contributed by atoms with van der Waals surface area (Å²) in [4.78, 5) is 6.48. The van der Waals surface area contributed by atoms with Crippen molar-refractivity contribution in [2.75, 3.05) is 13.2 Å². The van der Waals surface area contributed by atoms with Crippen LogP contribution in [0.3, 0.4) is 0 Å². The number of likely N-dealkylation sites (tertiary alicyclic amines) is 1. The van der Waals surface area contributed by atoms with Crippen LogP contribution in [0.2, 0.25) is 0 Å². The molecule has 1 fully saturated rings. The first-order valence-electron chi connectivity index (χ1n) is 5.86. The van der Waals surface area contributed by atoms with Gasteiger partial charge in [-0.25, -0.2) is 0 Å². The van der Waals surface area contributed by atoms with Gasteiger partial charge in [0.15, 0.2) is 0 Å². The quantitative estimate of drug-likeness (QED) is 0.842. The molecule has 0 bridgehead atoms. The van der Waals surface area contributed by atoms with Crippen LogP contribution in [0.25, 0.3) is 0 Å². The number of aliphatic hydroxyl groups excluding tert-OH is 1. The average molecular weight is 220 g/mol. The lowest BCUT2D eigenvalue weighted by Crippen LogP contribution is -2.37. The molecular weight excluding hydrogens is 200 g/mol. The summed E-state index contributed by atoms with van der Waals surface area (Å²) in [7, 11) is 0. The van der Waals surface area contributed by atoms with E-state index in [-0.39, 0.29) is 5.54 Å². The predicted molar refractivity (Wildman–Crippen MR) is 63.9 cm³/mol. The molecular formula is C13H20N2O. The standard InChI is InChI=1S/C13H20N2O/c1-13(2)7-12(10-16)9-15(13)8-11-3-5-14-6-4-11/h3-6,12,16H,7-10H2,1-2H3. The monoisotopic (exact) mass is 220 g/mol. The second kappa shape index (κ2) is 4.52. The summed E-state index contributed by atoms with van der Waals surface area (Å²) in [5.41, 5.74) is 1.48. The Morgan fingerprint density at radius 3 is 2.69 bits per heavy atom. The lowest BCUT2D eigenvalue weighted by molar-refractivity contribution is 0.164. The van der Waals surface area contributed by atoms with Crippen LogP contribution >= 0.6 is 0 Å². The van der Waals surface area contributed by atoms with Crippen LogP contribution in [-0.2, 0) is 6.54 Å². The summed E-state index contributed by atoms with van der Waals surface area (Å²) in [5, 5.41) is 9.25. The molecule has 3 nitrogen and oxygen atoms in total. The summed E-state index contributed by atoms with van der Waals surface area (Å²) in [6.07, 6.45) is 4.75. The molecule has 1 aromatic rings. The lowest BCUT2D eigenvalue weighted by atomic mass is 9.97. The van der Waals surface area contributed by atoms with Gasteiger partial charge in [0.2, 0.25) is 0 Å². The van der Waals surface area contributed by atoms with E-state index in [9.17, 15) is 5.11 Å². The van der Waals surface area contributed by atoms with Crippen molar-refractivity contribution < 1.29 is 5.11 Å². The summed E-state index contributed by atoms with van der Waals surface area (Å²) in [5.74, 6) is 0.428. The number of hydrogen-bond donors (Lipinski definition) is 1. The second-order valence-electron chi connectivity index (χ2n) is 5.30. The maximum atomic E-state index is 9.25. The van der Waals surface area contributed by atoms with E-state index in [4.69, 9.17) is 0 Å². The maximum absolute atomic E-state index is 9.25. The van der Waals surface area contributed by atoms with Crippen LogP contribution < -0.4 is 0 Å². The van der Waals surface area contributed by atoms with Crippen molar-refractivity contribution >= 4 is 0 Å². The van der Waals surface area contributed by atoms with Crippen molar-refractivity contribution in [3.63, 3.8) is 0 Å². The fraction of sp³-hybridized carbons (Fsp3) is 0.615. The molecule has 0 aliphatic carbocycles. The van der Waals surface area contributed by atoms with Gasteiger partial charge in [0.05, 0.1) is 0 Å². The van der Waals surface area contributed by atoms with Gasteiger partial charge in [0, 0.05) is 37.6 Å². The number of aromatic nitrogens is 1. The molecule has 1 atom stereocenters. The van der Waals surface area contributed by atoms with Gasteiger partial charge in [-0.05, 0) is 43.9 Å². The molecule has 0 aromatic carbocycles. The minimum absolute atomic E-state index is 0.191. The first kappa shape index (κ1) is 11.6. The molecule has 1 unspecified atom stereocenters. The van der Waals surface area contributed by atoms with Gasteiger partial charge in [-0.15, -0.1) is 0 Å². The number of pyridine rings is 1. The summed E-state index contributed by atoms with van der Waals surface area (Å²) >= 11 is 0. The van der Waals surface area contributed by atoms with E-state index in [0.717, 1.165) is 19.5 Å². The molecule has 1 aliphatic rings. The van der Waals surface area contributed by atoms with Gasteiger partial charge in [-0.1, -0.05) is 0 Å². The van der Waals surface area contributed by atoms with E-state index in [1.807, 2.05) is 12.4 Å². The fourth-order valence-corrected chi connectivity index (χ4v) is 2.57. The van der Waals surface area contributed by atoms with E-state index in [0.29, 0.717) is 12.5 Å². The highest BCUT2D eigenvalue weighted by molar-refractivity contribution is 5.11. The van der Waals surface area contributed by atoms with E-state index in [1.54, 1.807) is 0 Å². The van der Waals surface area contributed by atoms with Crippen LogP contribution in [-0.4, -0.2) is 33.7 Å². The molecule has 1 N–H and O–H groups in total. The Hall–Kier alpha value is -0.930. The van der Waals surface area contributed by atoms with Crippen LogP contribution in [0.5, 0.6) is 0 Å². The molecule has 0 radical (unpaired) electrons. The zero-order chi connectivity index (χ0) is 11.6. The average Bonchev–Trinajstić information content (AvgIpc) is 2.55. The van der Waals surface area contributed by atoms with Crippen molar-refractivity contribution in [3.8, 4) is 0 Å². The molecule has 0 spiro atoms. The van der Waals surface area contributed by atoms with Crippen LogP contribution in [0.4, 0.5) is 0 Å². The number of aliphatic hydroxyl groups is 1. The summed E-state index contributed by atoms with van der Waals surface area (Å²) < 4.78 is 0. The Labute approximate surface area is 97.1 Å². The third-order valence-electron chi connectivity index (χ3n) is 3.50. The molecule has 1 aromatic heterocycles. The number of hydrogen-bond acceptors (Lipinski definition) is 3. The van der Waals surface area contributed by atoms with Crippen molar-refractivity contribution in [2.45, 2.75) is 32.4 Å². The molecule has 3 heteroatoms. The molecule has 2 rings (SSSR count). The Bertz CT molecular complexity index is 337. The van der Waals surface area contributed by atoms with Gasteiger partial charge in [-0.2, -0.15) is 0 Å². The molecule has 88 valence electrons. The Morgan fingerprint density at radius 2 is 2.12 bits per heavy atom. The highest BCUT2D eigenvalue weighted by atomic mass is 16.3. The number of nitrogens with zero attached hydrogens (tertiary/aromatic N) is 2. The van der Waals surface area contributed by atoms with Gasteiger partial charge in [0.25, 0.3) is 0 Å². The minimum Gasteiger partial charge on any atom is -0.396 e. The molecule has 0 amide bonds. The Balaban J connectivity index is 2.05. The third kappa shape index (κ3) is 2.42. The first-order valence-corrected chi connectivity index (χ1v) is 5.86. The highest BCUT2D eigenvalue weighted by Gasteiger charge is 2.37. The zero-order valence-electron chi connectivity index (χ0n) is 10.1. The molecule has 1 aliphatic heterocycles. The van der Waals surface area contributed by atoms with E-state index in [1.165, 1.54) is 5.56 Å². The summed E-state index contributed by atoms with van der Waals surface area (Å²) in [6.45, 7) is 6.75. The SMILES string of the molecule is CC1(C)CC(CO)CN1Cc1ccncc1. The van der Waals surface area contributed by atoms with Crippen molar-refractivity contribution in [1.29, 1.82) is 0 Å². The van der Waals surface area contributed by atoms with Crippen molar-refractivity contribution in [2.24, 2.45) is 5.92 Å². The predicted octanol–water partition coefficient (Wildman–Crippen LogP) is 1.67. The lowest BCUT2D eigenvalue weighted by Gasteiger charge is -2.31. The van der Waals surface area contributed by atoms with E-state index < -0.39 is 0 Å². The van der Waals surface area contributed by atoms with Crippen molar-refractivity contribution in [3.05, 3.63) is 30.1 Å². The third-order valence-corrected chi connectivity index (χ3v) is 3.50.